The first-order valence-electron chi connectivity index (χ1n) is 8.19. The highest BCUT2D eigenvalue weighted by atomic mass is 127. The molecule has 1 aromatic carbocycles. The van der Waals surface area contributed by atoms with Crippen LogP contribution >= 0.6 is 22.6 Å². The fourth-order valence-corrected chi connectivity index (χ4v) is 3.78. The smallest absolute Gasteiger partial charge is 0.410 e. The van der Waals surface area contributed by atoms with Crippen LogP contribution in [-0.4, -0.2) is 34.3 Å². The maximum atomic E-state index is 13.7. The monoisotopic (exact) mass is 444 g/mol. The number of ether oxygens (including phenoxy) is 1. The Morgan fingerprint density at radius 3 is 2.54 bits per heavy atom. The molecule has 0 N–H and O–H groups in total. The maximum Gasteiger partial charge on any atom is 0.410 e. The van der Waals surface area contributed by atoms with Gasteiger partial charge in [-0.05, 0) is 74.4 Å². The summed E-state index contributed by atoms with van der Waals surface area (Å²) in [4.78, 5) is 13.9. The molecule has 0 bridgehead atoms. The summed E-state index contributed by atoms with van der Waals surface area (Å²) in [5.41, 5.74) is 0.585. The minimum Gasteiger partial charge on any atom is -0.444 e. The molecular formula is C18H22FIN2O2. The Labute approximate surface area is 155 Å². The molecule has 0 aliphatic carbocycles. The van der Waals surface area contributed by atoms with E-state index in [4.69, 9.17) is 4.74 Å². The number of halogens is 2. The number of aromatic nitrogens is 1. The molecule has 1 saturated heterocycles. The lowest BCUT2D eigenvalue weighted by Gasteiger charge is -2.34. The van der Waals surface area contributed by atoms with Crippen molar-refractivity contribution in [1.29, 1.82) is 0 Å². The Balaban J connectivity index is 1.71. The Kier molecular flexibility index (Phi) is 4.77. The number of likely N-dealkylation sites (tertiary alicyclic amines) is 1. The van der Waals surface area contributed by atoms with Crippen LogP contribution in [0.5, 0.6) is 0 Å². The highest BCUT2D eigenvalue weighted by molar-refractivity contribution is 14.1. The molecule has 2 aromatic rings. The Morgan fingerprint density at radius 1 is 1.25 bits per heavy atom. The molecule has 1 aromatic heterocycles. The lowest BCUT2D eigenvalue weighted by Crippen LogP contribution is -2.42. The second kappa shape index (κ2) is 6.54. The zero-order valence-electron chi connectivity index (χ0n) is 14.2. The molecule has 0 spiro atoms. The van der Waals surface area contributed by atoms with Gasteiger partial charge in [0.15, 0.2) is 0 Å². The van der Waals surface area contributed by atoms with E-state index >= 15 is 0 Å². The number of nitrogens with zero attached hydrogens (tertiary/aromatic N) is 2. The van der Waals surface area contributed by atoms with Crippen LogP contribution in [0.1, 0.15) is 39.7 Å². The van der Waals surface area contributed by atoms with Gasteiger partial charge < -0.3 is 14.2 Å². The summed E-state index contributed by atoms with van der Waals surface area (Å²) >= 11 is 2.05. The molecule has 1 fully saturated rings. The van der Waals surface area contributed by atoms with Gasteiger partial charge in [-0.3, -0.25) is 0 Å². The van der Waals surface area contributed by atoms with Gasteiger partial charge in [0.05, 0.1) is 3.57 Å². The lowest BCUT2D eigenvalue weighted by atomic mass is 10.0. The van der Waals surface area contributed by atoms with Gasteiger partial charge in [0.25, 0.3) is 0 Å². The van der Waals surface area contributed by atoms with E-state index in [1.54, 1.807) is 4.90 Å². The summed E-state index contributed by atoms with van der Waals surface area (Å²) in [7, 11) is 0. The first-order chi connectivity index (χ1) is 11.3. The highest BCUT2D eigenvalue weighted by Gasteiger charge is 2.28. The fourth-order valence-electron chi connectivity index (χ4n) is 3.15. The average molecular weight is 444 g/mol. The number of piperidine rings is 1. The number of hydrogen-bond donors (Lipinski definition) is 0. The first kappa shape index (κ1) is 17.5. The summed E-state index contributed by atoms with van der Waals surface area (Å²) in [5.74, 6) is -0.180. The number of carbonyl (C=O) groups excluding carboxylic acids is 1. The van der Waals surface area contributed by atoms with Crippen molar-refractivity contribution in [3.8, 4) is 0 Å². The molecule has 0 radical (unpaired) electrons. The van der Waals surface area contributed by atoms with E-state index in [9.17, 15) is 9.18 Å². The van der Waals surface area contributed by atoms with Crippen molar-refractivity contribution < 1.29 is 13.9 Å². The van der Waals surface area contributed by atoms with Crippen LogP contribution in [0.2, 0.25) is 0 Å². The van der Waals surface area contributed by atoms with Gasteiger partial charge in [0.2, 0.25) is 0 Å². The summed E-state index contributed by atoms with van der Waals surface area (Å²) in [6.07, 6.45) is 3.53. The van der Waals surface area contributed by atoms with Crippen molar-refractivity contribution in [2.45, 2.75) is 45.3 Å². The zero-order chi connectivity index (χ0) is 17.5. The van der Waals surface area contributed by atoms with E-state index in [1.807, 2.05) is 39.1 Å². The molecule has 24 heavy (non-hydrogen) atoms. The number of fused-ring (bicyclic) bond motifs is 1. The maximum absolute atomic E-state index is 13.7. The van der Waals surface area contributed by atoms with Crippen molar-refractivity contribution in [1.82, 2.24) is 9.47 Å². The quantitative estimate of drug-likeness (QED) is 0.583. The molecule has 2 heterocycles. The number of rotatable bonds is 1. The molecule has 6 heteroatoms. The van der Waals surface area contributed by atoms with Gasteiger partial charge in [-0.1, -0.05) is 0 Å². The Hall–Kier alpha value is -1.31. The SMILES string of the molecule is CC(C)(C)OC(=O)N1CCC(n2ccc3c(I)c(F)ccc32)CC1. The largest absolute Gasteiger partial charge is 0.444 e. The third-order valence-electron chi connectivity index (χ3n) is 4.30. The standard InChI is InChI=1S/C18H22FIN2O2/c1-18(2,3)24-17(23)21-9-6-12(7-10-21)22-11-8-13-15(22)5-4-14(19)16(13)20/h4-5,8,11-12H,6-7,9-10H2,1-3H3. The molecule has 0 atom stereocenters. The van der Waals surface area contributed by atoms with Gasteiger partial charge in [-0.25, -0.2) is 9.18 Å². The highest BCUT2D eigenvalue weighted by Crippen LogP contribution is 2.31. The van der Waals surface area contributed by atoms with E-state index in [0.717, 1.165) is 23.7 Å². The summed E-state index contributed by atoms with van der Waals surface area (Å²) < 4.78 is 22.0. The number of benzene rings is 1. The minimum absolute atomic E-state index is 0.180. The third-order valence-corrected chi connectivity index (χ3v) is 5.40. The van der Waals surface area contributed by atoms with Crippen LogP contribution < -0.4 is 0 Å². The van der Waals surface area contributed by atoms with E-state index in [2.05, 4.69) is 27.2 Å². The molecule has 0 unspecified atom stereocenters. The summed E-state index contributed by atoms with van der Waals surface area (Å²) in [6, 6.07) is 5.66. The predicted molar refractivity (Wildman–Crippen MR) is 101 cm³/mol. The molecule has 3 rings (SSSR count). The minimum atomic E-state index is -0.467. The second-order valence-electron chi connectivity index (χ2n) is 7.22. The molecule has 1 aliphatic rings. The van der Waals surface area contributed by atoms with Crippen molar-refractivity contribution >= 4 is 39.6 Å². The average Bonchev–Trinajstić information content (AvgIpc) is 2.94. The fraction of sp³-hybridized carbons (Fsp3) is 0.500. The van der Waals surface area contributed by atoms with Gasteiger partial charge >= 0.3 is 6.09 Å². The summed E-state index contributed by atoms with van der Waals surface area (Å²) in [6.45, 7) is 6.99. The molecular weight excluding hydrogens is 422 g/mol. The first-order valence-corrected chi connectivity index (χ1v) is 9.26. The molecule has 1 amide bonds. The lowest BCUT2D eigenvalue weighted by molar-refractivity contribution is 0.0190. The van der Waals surface area contributed by atoms with E-state index in [1.165, 1.54) is 6.07 Å². The molecule has 0 saturated carbocycles. The van der Waals surface area contributed by atoms with Crippen molar-refractivity contribution in [3.63, 3.8) is 0 Å². The van der Waals surface area contributed by atoms with Crippen molar-refractivity contribution in [3.05, 3.63) is 33.8 Å². The van der Waals surface area contributed by atoms with Crippen molar-refractivity contribution in [2.75, 3.05) is 13.1 Å². The molecule has 1 aliphatic heterocycles. The van der Waals surface area contributed by atoms with E-state index < -0.39 is 5.60 Å². The van der Waals surface area contributed by atoms with E-state index in [-0.39, 0.29) is 11.9 Å². The van der Waals surface area contributed by atoms with Gasteiger partial charge in [0, 0.05) is 36.2 Å². The van der Waals surface area contributed by atoms with Gasteiger partial charge in [0.1, 0.15) is 11.4 Å². The van der Waals surface area contributed by atoms with Gasteiger partial charge in [-0.15, -0.1) is 0 Å². The van der Waals surface area contributed by atoms with Crippen LogP contribution in [0.4, 0.5) is 9.18 Å². The van der Waals surface area contributed by atoms with Crippen LogP contribution in [0.3, 0.4) is 0 Å². The summed E-state index contributed by atoms with van der Waals surface area (Å²) in [5, 5.41) is 0.949. The van der Waals surface area contributed by atoms with Crippen LogP contribution in [0, 0.1) is 9.39 Å². The Morgan fingerprint density at radius 2 is 1.92 bits per heavy atom. The third kappa shape index (κ3) is 3.53. The number of amides is 1. The van der Waals surface area contributed by atoms with Crippen LogP contribution in [0.25, 0.3) is 10.9 Å². The Bertz CT molecular complexity index is 758. The van der Waals surface area contributed by atoms with Crippen molar-refractivity contribution in [2.24, 2.45) is 0 Å². The molecule has 130 valence electrons. The second-order valence-corrected chi connectivity index (χ2v) is 8.29. The number of carbonyl (C=O) groups is 1. The topological polar surface area (TPSA) is 34.5 Å². The predicted octanol–water partition coefficient (Wildman–Crippen LogP) is 4.96. The molecule has 4 nitrogen and oxygen atoms in total. The number of hydrogen-bond acceptors (Lipinski definition) is 2. The van der Waals surface area contributed by atoms with Gasteiger partial charge in [-0.2, -0.15) is 0 Å². The van der Waals surface area contributed by atoms with Crippen LogP contribution in [0.15, 0.2) is 24.4 Å². The van der Waals surface area contributed by atoms with E-state index in [0.29, 0.717) is 22.7 Å². The normalized spacial score (nSPS) is 16.6. The van der Waals surface area contributed by atoms with Crippen LogP contribution in [-0.2, 0) is 4.74 Å². The zero-order valence-corrected chi connectivity index (χ0v) is 16.3.